The second-order valence-corrected chi connectivity index (χ2v) is 6.66. The summed E-state index contributed by atoms with van der Waals surface area (Å²) < 4.78 is 5.78. The highest BCUT2D eigenvalue weighted by Crippen LogP contribution is 2.24. The molecular formula is C22H22N2O2. The van der Waals surface area contributed by atoms with E-state index in [1.54, 1.807) is 0 Å². The van der Waals surface area contributed by atoms with Gasteiger partial charge in [0.2, 0.25) is 0 Å². The summed E-state index contributed by atoms with van der Waals surface area (Å²) in [4.78, 5) is 16.8. The summed E-state index contributed by atoms with van der Waals surface area (Å²) >= 11 is 0. The molecule has 0 N–H and O–H groups in total. The van der Waals surface area contributed by atoms with Crippen LogP contribution in [0.3, 0.4) is 0 Å². The Kier molecular flexibility index (Phi) is 4.48. The molecule has 132 valence electrons. The van der Waals surface area contributed by atoms with Gasteiger partial charge in [-0.15, -0.1) is 0 Å². The first-order valence-electron chi connectivity index (χ1n) is 8.89. The van der Waals surface area contributed by atoms with Crippen molar-refractivity contribution in [1.29, 1.82) is 0 Å². The lowest BCUT2D eigenvalue weighted by atomic mass is 10.1. The van der Waals surface area contributed by atoms with E-state index >= 15 is 0 Å². The van der Waals surface area contributed by atoms with Crippen LogP contribution in [0, 0.1) is 0 Å². The van der Waals surface area contributed by atoms with E-state index in [2.05, 4.69) is 30.1 Å². The summed E-state index contributed by atoms with van der Waals surface area (Å²) in [7, 11) is 2.07. The predicted octanol–water partition coefficient (Wildman–Crippen LogP) is 3.70. The van der Waals surface area contributed by atoms with Gasteiger partial charge in [-0.2, -0.15) is 0 Å². The number of amides is 1. The minimum absolute atomic E-state index is 0.0169. The van der Waals surface area contributed by atoms with Gasteiger partial charge in [0.1, 0.15) is 5.75 Å². The van der Waals surface area contributed by atoms with Crippen molar-refractivity contribution in [2.45, 2.75) is 6.54 Å². The van der Waals surface area contributed by atoms with E-state index in [1.807, 2.05) is 53.4 Å². The number of ether oxygens (including phenoxy) is 1. The third kappa shape index (κ3) is 3.36. The summed E-state index contributed by atoms with van der Waals surface area (Å²) in [6.07, 6.45) is 0. The Labute approximate surface area is 153 Å². The normalized spacial score (nSPS) is 14.0. The van der Waals surface area contributed by atoms with E-state index in [0.717, 1.165) is 17.7 Å². The van der Waals surface area contributed by atoms with Gasteiger partial charge >= 0.3 is 0 Å². The Morgan fingerprint density at radius 1 is 0.962 bits per heavy atom. The average molecular weight is 346 g/mol. The highest BCUT2D eigenvalue weighted by Gasteiger charge is 2.21. The van der Waals surface area contributed by atoms with Crippen molar-refractivity contribution in [2.24, 2.45) is 0 Å². The molecular weight excluding hydrogens is 324 g/mol. The number of benzene rings is 3. The molecule has 0 spiro atoms. The van der Waals surface area contributed by atoms with Gasteiger partial charge in [-0.25, -0.2) is 0 Å². The zero-order chi connectivity index (χ0) is 17.9. The third-order valence-corrected chi connectivity index (χ3v) is 4.91. The average Bonchev–Trinajstić information content (AvgIpc) is 2.85. The van der Waals surface area contributed by atoms with Crippen molar-refractivity contribution < 1.29 is 9.53 Å². The van der Waals surface area contributed by atoms with Crippen molar-refractivity contribution in [3.63, 3.8) is 0 Å². The fraction of sp³-hybridized carbons (Fsp3) is 0.227. The summed E-state index contributed by atoms with van der Waals surface area (Å²) in [5, 5.41) is 2.28. The van der Waals surface area contributed by atoms with Crippen LogP contribution < -0.4 is 9.64 Å². The maximum atomic E-state index is 12.7. The second-order valence-electron chi connectivity index (χ2n) is 6.66. The minimum Gasteiger partial charge on any atom is -0.484 e. The number of anilines is 1. The Morgan fingerprint density at radius 3 is 2.62 bits per heavy atom. The molecule has 0 saturated heterocycles. The van der Waals surface area contributed by atoms with Crippen LogP contribution in [-0.2, 0) is 11.3 Å². The van der Waals surface area contributed by atoms with Crippen LogP contribution in [0.4, 0.5) is 5.69 Å². The first-order valence-corrected chi connectivity index (χ1v) is 8.89. The molecule has 26 heavy (non-hydrogen) atoms. The van der Waals surface area contributed by atoms with E-state index in [4.69, 9.17) is 4.74 Å². The van der Waals surface area contributed by atoms with Gasteiger partial charge in [-0.3, -0.25) is 4.79 Å². The summed E-state index contributed by atoms with van der Waals surface area (Å²) in [5.41, 5.74) is 2.37. The Hall–Kier alpha value is -3.01. The fourth-order valence-corrected chi connectivity index (χ4v) is 3.40. The monoisotopic (exact) mass is 346 g/mol. The Morgan fingerprint density at radius 2 is 1.73 bits per heavy atom. The number of nitrogens with zero attached hydrogens (tertiary/aromatic N) is 2. The van der Waals surface area contributed by atoms with Gasteiger partial charge < -0.3 is 14.5 Å². The van der Waals surface area contributed by atoms with Crippen LogP contribution in [0.2, 0.25) is 0 Å². The van der Waals surface area contributed by atoms with Crippen LogP contribution in [-0.4, -0.2) is 37.6 Å². The predicted molar refractivity (Wildman–Crippen MR) is 105 cm³/mol. The molecule has 0 aromatic heterocycles. The van der Waals surface area contributed by atoms with E-state index < -0.39 is 0 Å². The first-order chi connectivity index (χ1) is 12.7. The molecule has 0 atom stereocenters. The lowest BCUT2D eigenvalue weighted by Gasteiger charge is -2.21. The standard InChI is InChI=1S/C22H22N2O2/c1-23-12-13-24(15-19-8-4-5-9-21(19)23)22(25)16-26-20-11-10-17-6-2-3-7-18(17)14-20/h2-11,14H,12-13,15-16H2,1H3. The van der Waals surface area contributed by atoms with Crippen LogP contribution >= 0.6 is 0 Å². The largest absolute Gasteiger partial charge is 0.484 e. The molecule has 4 heteroatoms. The number of fused-ring (bicyclic) bond motifs is 2. The molecule has 0 saturated carbocycles. The molecule has 1 amide bonds. The number of likely N-dealkylation sites (N-methyl/N-ethyl adjacent to an activating group) is 1. The lowest BCUT2D eigenvalue weighted by molar-refractivity contribution is -0.133. The maximum absolute atomic E-state index is 12.7. The number of rotatable bonds is 3. The van der Waals surface area contributed by atoms with E-state index in [-0.39, 0.29) is 12.5 Å². The van der Waals surface area contributed by atoms with Crippen LogP contribution in [0.1, 0.15) is 5.56 Å². The van der Waals surface area contributed by atoms with Gasteiger partial charge in [-0.1, -0.05) is 48.5 Å². The molecule has 3 aromatic carbocycles. The summed E-state index contributed by atoms with van der Waals surface area (Å²) in [5.74, 6) is 0.743. The quantitative estimate of drug-likeness (QED) is 0.725. The maximum Gasteiger partial charge on any atom is 0.260 e. The van der Waals surface area contributed by atoms with Crippen LogP contribution in [0.25, 0.3) is 10.8 Å². The molecule has 0 radical (unpaired) electrons. The third-order valence-electron chi connectivity index (χ3n) is 4.91. The number of carbonyl (C=O) groups is 1. The molecule has 0 unspecified atom stereocenters. The van der Waals surface area contributed by atoms with Gasteiger partial charge in [0.25, 0.3) is 5.91 Å². The molecule has 0 aliphatic carbocycles. The Balaban J connectivity index is 1.44. The number of para-hydroxylation sites is 1. The number of carbonyl (C=O) groups excluding carboxylic acids is 1. The van der Waals surface area contributed by atoms with Crippen molar-refractivity contribution in [3.05, 3.63) is 72.3 Å². The van der Waals surface area contributed by atoms with Crippen molar-refractivity contribution >= 4 is 22.4 Å². The van der Waals surface area contributed by atoms with Crippen molar-refractivity contribution in [3.8, 4) is 5.75 Å². The van der Waals surface area contributed by atoms with Gasteiger partial charge in [-0.05, 0) is 34.5 Å². The molecule has 3 aromatic rings. The highest BCUT2D eigenvalue weighted by atomic mass is 16.5. The molecule has 4 rings (SSSR count). The second kappa shape index (κ2) is 7.08. The van der Waals surface area contributed by atoms with Crippen LogP contribution in [0.5, 0.6) is 5.75 Å². The lowest BCUT2D eigenvalue weighted by Crippen LogP contribution is -2.37. The van der Waals surface area contributed by atoms with Crippen molar-refractivity contribution in [1.82, 2.24) is 4.90 Å². The van der Waals surface area contributed by atoms with Crippen molar-refractivity contribution in [2.75, 3.05) is 31.6 Å². The fourth-order valence-electron chi connectivity index (χ4n) is 3.40. The topological polar surface area (TPSA) is 32.8 Å². The highest BCUT2D eigenvalue weighted by molar-refractivity contribution is 5.84. The van der Waals surface area contributed by atoms with E-state index in [1.165, 1.54) is 16.6 Å². The van der Waals surface area contributed by atoms with Gasteiger partial charge in [0, 0.05) is 32.4 Å². The first kappa shape index (κ1) is 16.5. The molecule has 0 fully saturated rings. The molecule has 1 heterocycles. The SMILES string of the molecule is CN1CCN(C(=O)COc2ccc3ccccc3c2)Cc2ccccc21. The smallest absolute Gasteiger partial charge is 0.260 e. The van der Waals surface area contributed by atoms with E-state index in [0.29, 0.717) is 13.1 Å². The van der Waals surface area contributed by atoms with Gasteiger partial charge in [0.05, 0.1) is 0 Å². The zero-order valence-electron chi connectivity index (χ0n) is 14.9. The minimum atomic E-state index is 0.0169. The molecule has 1 aliphatic rings. The Bertz CT molecular complexity index is 938. The molecule has 1 aliphatic heterocycles. The summed E-state index contributed by atoms with van der Waals surface area (Å²) in [6.45, 7) is 2.20. The zero-order valence-corrected chi connectivity index (χ0v) is 14.9. The number of hydrogen-bond donors (Lipinski definition) is 0. The molecule has 0 bridgehead atoms. The summed E-state index contributed by atoms with van der Waals surface area (Å²) in [6, 6.07) is 22.3. The van der Waals surface area contributed by atoms with Gasteiger partial charge in [0.15, 0.2) is 6.61 Å². The van der Waals surface area contributed by atoms with Crippen LogP contribution in [0.15, 0.2) is 66.7 Å². The van der Waals surface area contributed by atoms with E-state index in [9.17, 15) is 4.79 Å². The molecule has 4 nitrogen and oxygen atoms in total. The number of hydrogen-bond acceptors (Lipinski definition) is 3.